The number of ether oxygens (including phenoxy) is 1. The molecule has 0 aromatic carbocycles. The van der Waals surface area contributed by atoms with E-state index in [9.17, 15) is 14.7 Å². The maximum absolute atomic E-state index is 11.6. The number of piperazine rings is 1. The highest BCUT2D eigenvalue weighted by Gasteiger charge is 2.26. The summed E-state index contributed by atoms with van der Waals surface area (Å²) in [5.74, 6) is -0.501. The Bertz CT molecular complexity index is 433. The van der Waals surface area contributed by atoms with E-state index in [0.29, 0.717) is 32.8 Å². The van der Waals surface area contributed by atoms with Crippen LogP contribution in [0.1, 0.15) is 20.8 Å². The largest absolute Gasteiger partial charge is 0.512 e. The van der Waals surface area contributed by atoms with Crippen LogP contribution in [0.2, 0.25) is 0 Å². The molecule has 0 radical (unpaired) electrons. The summed E-state index contributed by atoms with van der Waals surface area (Å²) >= 11 is 0. The Morgan fingerprint density at radius 3 is 2.05 bits per heavy atom. The number of ketones is 1. The summed E-state index contributed by atoms with van der Waals surface area (Å²) < 4.78 is 4.91. The van der Waals surface area contributed by atoms with Crippen molar-refractivity contribution in [2.75, 3.05) is 32.8 Å². The predicted octanol–water partition coefficient (Wildman–Crippen LogP) is 1.16. The molecule has 0 atom stereocenters. The van der Waals surface area contributed by atoms with Gasteiger partial charge in [0.1, 0.15) is 11.6 Å². The zero-order chi connectivity index (χ0) is 15.3. The highest BCUT2D eigenvalue weighted by atomic mass is 16.6. The molecule has 1 rings (SSSR count). The minimum atomic E-state index is -0.362. The summed E-state index contributed by atoms with van der Waals surface area (Å²) in [6, 6.07) is 0. The van der Waals surface area contributed by atoms with Gasteiger partial charge in [0.2, 0.25) is 0 Å². The lowest BCUT2D eigenvalue weighted by atomic mass is 10.1. The molecule has 1 amide bonds. The molecule has 0 aromatic heterocycles. The van der Waals surface area contributed by atoms with Gasteiger partial charge in [-0.25, -0.2) is 4.79 Å². The summed E-state index contributed by atoms with van der Waals surface area (Å²) in [6.07, 6.45) is -0.362. The van der Waals surface area contributed by atoms with Gasteiger partial charge in [0, 0.05) is 26.2 Å². The molecule has 1 aliphatic heterocycles. The van der Waals surface area contributed by atoms with Crippen LogP contribution in [0.5, 0.6) is 0 Å². The van der Waals surface area contributed by atoms with Crippen molar-refractivity contribution >= 4 is 17.7 Å². The number of carbonyl (C=O) groups excluding carboxylic acids is 2. The first-order chi connectivity index (χ1) is 9.38. The highest BCUT2D eigenvalue weighted by Crippen LogP contribution is 2.12. The third kappa shape index (κ3) is 3.72. The predicted molar refractivity (Wildman–Crippen MR) is 73.9 cm³/mol. The second-order valence-electron chi connectivity index (χ2n) is 4.54. The number of Topliss-reactive ketones (excluding diaryl/α,β-unsaturated/α-hetero) is 1. The number of allylic oxidation sites excluding steroid dienone is 1. The molecule has 0 saturated carbocycles. The smallest absolute Gasteiger partial charge is 0.409 e. The first kappa shape index (κ1) is 16.0. The molecule has 0 aromatic rings. The molecule has 1 heterocycles. The van der Waals surface area contributed by atoms with Crippen LogP contribution in [0.25, 0.3) is 0 Å². The fourth-order valence-corrected chi connectivity index (χ4v) is 2.08. The number of amidine groups is 1. The Morgan fingerprint density at radius 2 is 1.65 bits per heavy atom. The highest BCUT2D eigenvalue weighted by molar-refractivity contribution is 6.19. The quantitative estimate of drug-likeness (QED) is 0.351. The number of aliphatic hydroxyl groups excluding tert-OH is 1. The number of hydrogen-bond acceptors (Lipinski definition) is 5. The second-order valence-corrected chi connectivity index (χ2v) is 4.54. The average Bonchev–Trinajstić information content (AvgIpc) is 2.38. The van der Waals surface area contributed by atoms with Crippen molar-refractivity contribution in [2.45, 2.75) is 20.8 Å². The number of nitrogens with one attached hydrogen (secondary N) is 1. The first-order valence-electron chi connectivity index (χ1n) is 6.54. The summed E-state index contributed by atoms with van der Waals surface area (Å²) in [5.41, 5.74) is 0.0228. The van der Waals surface area contributed by atoms with Gasteiger partial charge in [0.05, 0.1) is 12.2 Å². The molecule has 2 N–H and O–H groups in total. The number of nitrogens with zero attached hydrogens (tertiary/aromatic N) is 2. The summed E-state index contributed by atoms with van der Waals surface area (Å²) in [6.45, 7) is 6.50. The van der Waals surface area contributed by atoms with Crippen molar-refractivity contribution in [3.63, 3.8) is 0 Å². The van der Waals surface area contributed by atoms with E-state index < -0.39 is 0 Å². The molecule has 0 aliphatic carbocycles. The van der Waals surface area contributed by atoms with Crippen LogP contribution in [0.4, 0.5) is 4.79 Å². The molecular formula is C13H21N3O4. The zero-order valence-corrected chi connectivity index (χ0v) is 12.1. The summed E-state index contributed by atoms with van der Waals surface area (Å²) in [4.78, 5) is 26.2. The Labute approximate surface area is 118 Å². The van der Waals surface area contributed by atoms with Crippen LogP contribution in [-0.2, 0) is 9.53 Å². The van der Waals surface area contributed by atoms with Crippen LogP contribution in [0, 0.1) is 5.41 Å². The number of rotatable bonds is 3. The topological polar surface area (TPSA) is 93.9 Å². The summed E-state index contributed by atoms with van der Waals surface area (Å²) in [5, 5.41) is 17.5. The Balaban J connectivity index is 2.66. The lowest BCUT2D eigenvalue weighted by Crippen LogP contribution is -2.51. The van der Waals surface area contributed by atoms with Crippen LogP contribution >= 0.6 is 0 Å². The van der Waals surface area contributed by atoms with Gasteiger partial charge in [-0.1, -0.05) is 0 Å². The van der Waals surface area contributed by atoms with E-state index in [2.05, 4.69) is 0 Å². The molecule has 0 spiro atoms. The molecule has 1 aliphatic rings. The van der Waals surface area contributed by atoms with E-state index in [0.717, 1.165) is 0 Å². The number of amides is 1. The third-order valence-electron chi connectivity index (χ3n) is 3.07. The number of aliphatic hydroxyl groups is 1. The van der Waals surface area contributed by atoms with E-state index in [4.69, 9.17) is 10.1 Å². The Morgan fingerprint density at radius 1 is 1.15 bits per heavy atom. The van der Waals surface area contributed by atoms with Gasteiger partial charge in [-0.05, 0) is 20.8 Å². The maximum Gasteiger partial charge on any atom is 0.409 e. The SMILES string of the molecule is CCOC(=O)N1CCN(C(=N)C(C(C)=O)=C(C)O)CC1. The van der Waals surface area contributed by atoms with Crippen molar-refractivity contribution in [3.8, 4) is 0 Å². The van der Waals surface area contributed by atoms with Crippen LogP contribution < -0.4 is 0 Å². The molecule has 1 saturated heterocycles. The molecule has 0 unspecified atom stereocenters. The molecule has 7 heteroatoms. The van der Waals surface area contributed by atoms with Gasteiger partial charge in [-0.15, -0.1) is 0 Å². The molecule has 1 fully saturated rings. The van der Waals surface area contributed by atoms with Crippen LogP contribution in [0.15, 0.2) is 11.3 Å². The minimum absolute atomic E-state index is 0.000934. The van der Waals surface area contributed by atoms with Crippen molar-refractivity contribution in [2.24, 2.45) is 0 Å². The van der Waals surface area contributed by atoms with Crippen molar-refractivity contribution in [1.29, 1.82) is 5.41 Å². The van der Waals surface area contributed by atoms with Gasteiger partial charge in [-0.3, -0.25) is 10.2 Å². The van der Waals surface area contributed by atoms with E-state index in [-0.39, 0.29) is 29.0 Å². The number of hydrogen-bond donors (Lipinski definition) is 2. The van der Waals surface area contributed by atoms with E-state index in [1.807, 2.05) is 0 Å². The number of carbonyl (C=O) groups is 2. The molecule has 0 bridgehead atoms. The van der Waals surface area contributed by atoms with Gasteiger partial charge in [-0.2, -0.15) is 0 Å². The molecule has 20 heavy (non-hydrogen) atoms. The molecule has 7 nitrogen and oxygen atoms in total. The Hall–Kier alpha value is -2.05. The zero-order valence-electron chi connectivity index (χ0n) is 12.1. The van der Waals surface area contributed by atoms with Crippen molar-refractivity contribution < 1.29 is 19.4 Å². The van der Waals surface area contributed by atoms with E-state index in [1.165, 1.54) is 13.8 Å². The summed E-state index contributed by atoms with van der Waals surface area (Å²) in [7, 11) is 0. The van der Waals surface area contributed by atoms with Crippen LogP contribution in [-0.4, -0.2) is 65.4 Å². The van der Waals surface area contributed by atoms with Crippen molar-refractivity contribution in [1.82, 2.24) is 9.80 Å². The van der Waals surface area contributed by atoms with Gasteiger partial charge in [0.25, 0.3) is 0 Å². The average molecular weight is 283 g/mol. The van der Waals surface area contributed by atoms with Gasteiger partial charge >= 0.3 is 6.09 Å². The first-order valence-corrected chi connectivity index (χ1v) is 6.54. The monoisotopic (exact) mass is 283 g/mol. The van der Waals surface area contributed by atoms with Gasteiger partial charge in [0.15, 0.2) is 5.78 Å². The molecule has 112 valence electrons. The normalized spacial score (nSPS) is 16.6. The lowest BCUT2D eigenvalue weighted by Gasteiger charge is -2.35. The fraction of sp³-hybridized carbons (Fsp3) is 0.615. The molecular weight excluding hydrogens is 262 g/mol. The lowest BCUT2D eigenvalue weighted by molar-refractivity contribution is -0.113. The minimum Gasteiger partial charge on any atom is -0.512 e. The second kappa shape index (κ2) is 6.93. The standard InChI is InChI=1S/C13H21N3O4/c1-4-20-13(19)16-7-5-15(6-8-16)12(14)11(9(2)17)10(3)18/h14,17H,4-8H2,1-3H3. The van der Waals surface area contributed by atoms with Crippen LogP contribution in [0.3, 0.4) is 0 Å². The van der Waals surface area contributed by atoms with E-state index >= 15 is 0 Å². The maximum atomic E-state index is 11.6. The van der Waals surface area contributed by atoms with Gasteiger partial charge < -0.3 is 19.6 Å². The fourth-order valence-electron chi connectivity index (χ4n) is 2.08. The third-order valence-corrected chi connectivity index (χ3v) is 3.07. The van der Waals surface area contributed by atoms with Crippen molar-refractivity contribution in [3.05, 3.63) is 11.3 Å². The van der Waals surface area contributed by atoms with E-state index in [1.54, 1.807) is 16.7 Å². The Kier molecular flexibility index (Phi) is 5.54.